The zero-order chi connectivity index (χ0) is 34.1. The van der Waals surface area contributed by atoms with Crippen LogP contribution in [0.4, 0.5) is 28.4 Å². The van der Waals surface area contributed by atoms with Crippen LogP contribution in [0, 0.1) is 0 Å². The van der Waals surface area contributed by atoms with Crippen LogP contribution in [0.2, 0.25) is 0 Å². The van der Waals surface area contributed by atoms with E-state index in [1.807, 2.05) is 0 Å². The van der Waals surface area contributed by atoms with Crippen LogP contribution in [0.5, 0.6) is 0 Å². The van der Waals surface area contributed by atoms with Crippen LogP contribution >= 0.6 is 0 Å². The van der Waals surface area contributed by atoms with Crippen LogP contribution in [0.3, 0.4) is 0 Å². The summed E-state index contributed by atoms with van der Waals surface area (Å²) in [6, 6.07) is 64.4. The van der Waals surface area contributed by atoms with Crippen molar-refractivity contribution in [3.8, 4) is 11.1 Å². The third-order valence-electron chi connectivity index (χ3n) is 10.9. The lowest BCUT2D eigenvalue weighted by molar-refractivity contribution is 0.661. The third kappa shape index (κ3) is 4.64. The highest BCUT2D eigenvalue weighted by atomic mass is 15.1. The quantitative estimate of drug-likeness (QED) is 0.147. The molecule has 0 amide bonds. The number of benzene rings is 9. The molecule has 0 atom stereocenters. The maximum atomic E-state index is 3.90. The normalized spacial score (nSPS) is 13.1. The van der Waals surface area contributed by atoms with E-state index in [0.29, 0.717) is 0 Å². The second kappa shape index (κ2) is 11.3. The van der Waals surface area contributed by atoms with Gasteiger partial charge in [0.1, 0.15) is 0 Å². The van der Waals surface area contributed by atoms with Gasteiger partial charge in [-0.25, -0.2) is 0 Å². The van der Waals surface area contributed by atoms with E-state index in [9.17, 15) is 0 Å². The Morgan fingerprint density at radius 3 is 1.82 bits per heavy atom. The third-order valence-corrected chi connectivity index (χ3v) is 10.9. The van der Waals surface area contributed by atoms with E-state index in [0.717, 1.165) is 22.7 Å². The van der Waals surface area contributed by atoms with E-state index < -0.39 is 0 Å². The Hall–Kier alpha value is -6.38. The van der Waals surface area contributed by atoms with E-state index in [-0.39, 0.29) is 5.41 Å². The number of nitrogens with zero attached hydrogens (tertiary/aromatic N) is 1. The van der Waals surface area contributed by atoms with Crippen molar-refractivity contribution in [2.75, 3.05) is 10.2 Å². The molecule has 1 N–H and O–H groups in total. The topological polar surface area (TPSA) is 15.3 Å². The van der Waals surface area contributed by atoms with Crippen LogP contribution in [0.1, 0.15) is 25.0 Å². The smallest absolute Gasteiger partial charge is 0.0620 e. The van der Waals surface area contributed by atoms with Crippen LogP contribution in [0.15, 0.2) is 176 Å². The second-order valence-electron chi connectivity index (χ2n) is 14.3. The molecular formula is C49H36N2. The second-order valence-corrected chi connectivity index (χ2v) is 14.3. The molecule has 0 heterocycles. The minimum atomic E-state index is -0.129. The Labute approximate surface area is 298 Å². The fourth-order valence-electron chi connectivity index (χ4n) is 8.44. The summed E-state index contributed by atoms with van der Waals surface area (Å²) in [4.78, 5) is 2.48. The van der Waals surface area contributed by atoms with Gasteiger partial charge in [-0.2, -0.15) is 0 Å². The van der Waals surface area contributed by atoms with E-state index in [2.05, 4.69) is 200 Å². The van der Waals surface area contributed by atoms with Gasteiger partial charge in [-0.15, -0.1) is 0 Å². The highest BCUT2D eigenvalue weighted by Crippen LogP contribution is 2.54. The van der Waals surface area contributed by atoms with Gasteiger partial charge in [0.05, 0.1) is 11.4 Å². The predicted molar refractivity (Wildman–Crippen MR) is 218 cm³/mol. The lowest BCUT2D eigenvalue weighted by Gasteiger charge is -2.30. The molecule has 0 radical (unpaired) electrons. The molecule has 0 unspecified atom stereocenters. The number of fused-ring (bicyclic) bond motifs is 7. The van der Waals surface area contributed by atoms with E-state index in [4.69, 9.17) is 0 Å². The van der Waals surface area contributed by atoms with E-state index in [1.165, 1.54) is 71.0 Å². The molecule has 9 aromatic rings. The van der Waals surface area contributed by atoms with Crippen molar-refractivity contribution >= 4 is 71.5 Å². The molecule has 0 fully saturated rings. The molecule has 51 heavy (non-hydrogen) atoms. The Balaban J connectivity index is 1.33. The first kappa shape index (κ1) is 29.5. The maximum absolute atomic E-state index is 3.90. The average Bonchev–Trinajstić information content (AvgIpc) is 3.40. The van der Waals surface area contributed by atoms with E-state index in [1.54, 1.807) is 0 Å². The zero-order valence-electron chi connectivity index (χ0n) is 28.7. The molecule has 1 aliphatic rings. The van der Waals surface area contributed by atoms with E-state index >= 15 is 0 Å². The molecule has 2 heteroatoms. The number of hydrogen-bond donors (Lipinski definition) is 1. The Morgan fingerprint density at radius 1 is 0.412 bits per heavy atom. The fourth-order valence-corrected chi connectivity index (χ4v) is 8.44. The number of rotatable bonds is 5. The van der Waals surface area contributed by atoms with Gasteiger partial charge in [0.2, 0.25) is 0 Å². The molecule has 0 spiro atoms. The van der Waals surface area contributed by atoms with Gasteiger partial charge in [-0.3, -0.25) is 0 Å². The summed E-state index contributed by atoms with van der Waals surface area (Å²) in [6.45, 7) is 4.73. The number of nitrogens with one attached hydrogen (secondary N) is 1. The largest absolute Gasteiger partial charge is 0.355 e. The summed E-state index contributed by atoms with van der Waals surface area (Å²) in [7, 11) is 0. The number of hydrogen-bond acceptors (Lipinski definition) is 2. The lowest BCUT2D eigenvalue weighted by atomic mass is 9.81. The molecule has 2 nitrogen and oxygen atoms in total. The number of para-hydroxylation sites is 2. The minimum absolute atomic E-state index is 0.129. The van der Waals surface area contributed by atoms with Crippen molar-refractivity contribution in [2.24, 2.45) is 0 Å². The first-order valence-corrected chi connectivity index (χ1v) is 17.8. The monoisotopic (exact) mass is 652 g/mol. The molecule has 1 aliphatic carbocycles. The molecule has 242 valence electrons. The molecule has 9 aromatic carbocycles. The standard InChI is InChI=1S/C49H36N2/c1-49(2)45-24-14-13-21-39(45)42-30-44-43(31-46(42)49)47(50-36-17-5-3-6-18-36)40-22-11-12-23-41(40)48(44)51(37-19-7-4-8-20-37)38-26-25-34-27-32-15-9-10-16-33(32)28-35(34)29-38/h3-31,50H,1-2H3. The summed E-state index contributed by atoms with van der Waals surface area (Å²) < 4.78 is 0. The predicted octanol–water partition coefficient (Wildman–Crippen LogP) is 13.8. The van der Waals surface area contributed by atoms with Crippen LogP contribution in [-0.2, 0) is 5.41 Å². The first-order valence-electron chi connectivity index (χ1n) is 17.8. The maximum Gasteiger partial charge on any atom is 0.0620 e. The van der Waals surface area contributed by atoms with Crippen molar-refractivity contribution in [3.63, 3.8) is 0 Å². The highest BCUT2D eigenvalue weighted by Gasteiger charge is 2.36. The molecule has 0 aliphatic heterocycles. The summed E-state index contributed by atoms with van der Waals surface area (Å²) in [6.07, 6.45) is 0. The summed E-state index contributed by atoms with van der Waals surface area (Å²) in [5, 5.41) is 13.7. The minimum Gasteiger partial charge on any atom is -0.355 e. The molecule has 0 saturated carbocycles. The molecular weight excluding hydrogens is 617 g/mol. The molecule has 0 saturated heterocycles. The van der Waals surface area contributed by atoms with Gasteiger partial charge in [-0.05, 0) is 104 Å². The molecule has 10 rings (SSSR count). The van der Waals surface area contributed by atoms with Gasteiger partial charge in [0.15, 0.2) is 0 Å². The summed E-state index contributed by atoms with van der Waals surface area (Å²) in [5.41, 5.74) is 10.9. The Kier molecular flexibility index (Phi) is 6.56. The van der Waals surface area contributed by atoms with Gasteiger partial charge in [0.25, 0.3) is 0 Å². The van der Waals surface area contributed by atoms with Crippen molar-refractivity contribution in [3.05, 3.63) is 187 Å². The van der Waals surface area contributed by atoms with Crippen LogP contribution in [0.25, 0.3) is 54.2 Å². The Bertz CT molecular complexity index is 2800. The van der Waals surface area contributed by atoms with Crippen molar-refractivity contribution in [1.82, 2.24) is 0 Å². The highest BCUT2D eigenvalue weighted by molar-refractivity contribution is 6.23. The van der Waals surface area contributed by atoms with Crippen molar-refractivity contribution in [2.45, 2.75) is 19.3 Å². The van der Waals surface area contributed by atoms with Crippen molar-refractivity contribution < 1.29 is 0 Å². The lowest BCUT2D eigenvalue weighted by Crippen LogP contribution is -2.15. The van der Waals surface area contributed by atoms with Crippen LogP contribution < -0.4 is 10.2 Å². The van der Waals surface area contributed by atoms with Gasteiger partial charge >= 0.3 is 0 Å². The number of anilines is 5. The van der Waals surface area contributed by atoms with Gasteiger partial charge in [-0.1, -0.05) is 129 Å². The fraction of sp³-hybridized carbons (Fsp3) is 0.0612. The van der Waals surface area contributed by atoms with Gasteiger partial charge < -0.3 is 10.2 Å². The Morgan fingerprint density at radius 2 is 1.04 bits per heavy atom. The SMILES string of the molecule is CC1(C)c2ccccc2-c2cc3c(N(c4ccccc4)c4ccc5cc6ccccc6cc5c4)c4ccccc4c(Nc4ccccc4)c3cc21. The zero-order valence-corrected chi connectivity index (χ0v) is 28.7. The molecule has 0 aromatic heterocycles. The van der Waals surface area contributed by atoms with Crippen molar-refractivity contribution in [1.29, 1.82) is 0 Å². The average molecular weight is 653 g/mol. The van der Waals surface area contributed by atoms with Crippen LogP contribution in [-0.4, -0.2) is 0 Å². The summed E-state index contributed by atoms with van der Waals surface area (Å²) in [5.74, 6) is 0. The first-order chi connectivity index (χ1) is 25.0. The molecule has 0 bridgehead atoms. The van der Waals surface area contributed by atoms with Gasteiger partial charge in [0, 0.05) is 44.0 Å². The summed E-state index contributed by atoms with van der Waals surface area (Å²) >= 11 is 0.